The van der Waals surface area contributed by atoms with Crippen molar-refractivity contribution in [2.24, 2.45) is 11.8 Å². The second-order valence-electron chi connectivity index (χ2n) is 5.29. The van der Waals surface area contributed by atoms with Crippen LogP contribution in [0.25, 0.3) is 0 Å². The molecule has 4 heteroatoms. The van der Waals surface area contributed by atoms with Crippen molar-refractivity contribution in [2.75, 3.05) is 6.61 Å². The van der Waals surface area contributed by atoms with E-state index in [4.69, 9.17) is 9.47 Å². The minimum atomic E-state index is -0.467. The van der Waals surface area contributed by atoms with Gasteiger partial charge in [0.1, 0.15) is 12.0 Å². The maximum absolute atomic E-state index is 12.1. The molecule has 0 saturated carbocycles. The third kappa shape index (κ3) is 3.63. The summed E-state index contributed by atoms with van der Waals surface area (Å²) in [6.07, 6.45) is 1.66. The molecule has 0 aliphatic carbocycles. The fourth-order valence-corrected chi connectivity index (χ4v) is 2.88. The number of aryl methyl sites for hydroxylation is 1. The van der Waals surface area contributed by atoms with Crippen LogP contribution in [0.2, 0.25) is 0 Å². The number of ether oxygens (including phenoxy) is 2. The lowest BCUT2D eigenvalue weighted by Gasteiger charge is -2.18. The number of benzene rings is 1. The van der Waals surface area contributed by atoms with Crippen LogP contribution in [-0.4, -0.2) is 24.6 Å². The average molecular weight is 290 g/mol. The maximum atomic E-state index is 12.1. The van der Waals surface area contributed by atoms with Crippen LogP contribution in [-0.2, 0) is 25.5 Å². The lowest BCUT2D eigenvalue weighted by Crippen LogP contribution is -2.31. The highest BCUT2D eigenvalue weighted by molar-refractivity contribution is 5.85. The van der Waals surface area contributed by atoms with E-state index in [0.29, 0.717) is 19.4 Å². The summed E-state index contributed by atoms with van der Waals surface area (Å²) in [5.41, 5.74) is 1.18. The summed E-state index contributed by atoms with van der Waals surface area (Å²) in [4.78, 5) is 24.0. The molecule has 4 nitrogen and oxygen atoms in total. The summed E-state index contributed by atoms with van der Waals surface area (Å²) in [7, 11) is 0. The second-order valence-corrected chi connectivity index (χ2v) is 5.29. The highest BCUT2D eigenvalue weighted by Gasteiger charge is 2.48. The lowest BCUT2D eigenvalue weighted by molar-refractivity contribution is -0.151. The first-order valence-corrected chi connectivity index (χ1v) is 7.58. The first-order chi connectivity index (χ1) is 10.2. The topological polar surface area (TPSA) is 52.6 Å². The molecule has 1 aliphatic rings. The molecule has 0 bridgehead atoms. The molecule has 1 heterocycles. The third-order valence-electron chi connectivity index (χ3n) is 3.96. The Kier molecular flexibility index (Phi) is 5.37. The van der Waals surface area contributed by atoms with Crippen molar-refractivity contribution in [3.63, 3.8) is 0 Å². The van der Waals surface area contributed by atoms with Gasteiger partial charge in [0.25, 0.3) is 0 Å². The molecule has 0 unspecified atom stereocenters. The largest absolute Gasteiger partial charge is 0.466 e. The zero-order valence-corrected chi connectivity index (χ0v) is 12.6. The van der Waals surface area contributed by atoms with Gasteiger partial charge in [-0.1, -0.05) is 37.3 Å². The number of rotatable bonds is 6. The minimum absolute atomic E-state index is 0.270. The van der Waals surface area contributed by atoms with Crippen LogP contribution in [0.5, 0.6) is 0 Å². The Labute approximate surface area is 125 Å². The minimum Gasteiger partial charge on any atom is -0.466 e. The van der Waals surface area contributed by atoms with Crippen LogP contribution < -0.4 is 0 Å². The number of carbonyl (C=O) groups is 2. The van der Waals surface area contributed by atoms with E-state index < -0.39 is 5.92 Å². The Morgan fingerprint density at radius 1 is 1.24 bits per heavy atom. The van der Waals surface area contributed by atoms with Crippen LogP contribution in [0.15, 0.2) is 30.3 Å². The highest BCUT2D eigenvalue weighted by atomic mass is 16.6. The second kappa shape index (κ2) is 7.25. The quantitative estimate of drug-likeness (QED) is 0.756. The molecule has 0 amide bonds. The van der Waals surface area contributed by atoms with Gasteiger partial charge in [-0.25, -0.2) is 0 Å². The molecule has 0 radical (unpaired) electrons. The van der Waals surface area contributed by atoms with Crippen LogP contribution in [0.4, 0.5) is 0 Å². The van der Waals surface area contributed by atoms with E-state index in [0.717, 1.165) is 6.42 Å². The number of esters is 2. The van der Waals surface area contributed by atoms with Gasteiger partial charge >= 0.3 is 11.9 Å². The SMILES string of the molecule is CCOC(=O)[C@H]1[C@H](CCc2ccccc2)OC(=O)[C@H]1CC. The van der Waals surface area contributed by atoms with E-state index in [2.05, 4.69) is 0 Å². The van der Waals surface area contributed by atoms with Gasteiger partial charge in [-0.15, -0.1) is 0 Å². The number of cyclic esters (lactones) is 1. The molecule has 21 heavy (non-hydrogen) atoms. The molecule has 0 spiro atoms. The van der Waals surface area contributed by atoms with Crippen LogP contribution in [0.1, 0.15) is 32.3 Å². The van der Waals surface area contributed by atoms with Gasteiger partial charge in [-0.3, -0.25) is 9.59 Å². The fourth-order valence-electron chi connectivity index (χ4n) is 2.88. The van der Waals surface area contributed by atoms with E-state index in [1.807, 2.05) is 37.3 Å². The number of hydrogen-bond donors (Lipinski definition) is 0. The lowest BCUT2D eigenvalue weighted by atomic mass is 9.86. The summed E-state index contributed by atoms with van der Waals surface area (Å²) in [5, 5.41) is 0. The molecule has 1 fully saturated rings. The molecule has 3 atom stereocenters. The van der Waals surface area contributed by atoms with Gasteiger partial charge in [0.2, 0.25) is 0 Å². The predicted octanol–water partition coefficient (Wildman–Crippen LogP) is 2.75. The van der Waals surface area contributed by atoms with Crippen molar-refractivity contribution in [3.8, 4) is 0 Å². The molecule has 0 N–H and O–H groups in total. The van der Waals surface area contributed by atoms with Crippen LogP contribution in [0.3, 0.4) is 0 Å². The fraction of sp³-hybridized carbons (Fsp3) is 0.529. The van der Waals surface area contributed by atoms with Gasteiger partial charge in [0, 0.05) is 0 Å². The van der Waals surface area contributed by atoms with Crippen molar-refractivity contribution in [1.29, 1.82) is 0 Å². The molecule has 1 saturated heterocycles. The smallest absolute Gasteiger partial charge is 0.313 e. The first-order valence-electron chi connectivity index (χ1n) is 7.58. The van der Waals surface area contributed by atoms with Crippen molar-refractivity contribution in [1.82, 2.24) is 0 Å². The Bertz CT molecular complexity index is 483. The number of carbonyl (C=O) groups excluding carboxylic acids is 2. The van der Waals surface area contributed by atoms with Crippen molar-refractivity contribution < 1.29 is 19.1 Å². The van der Waals surface area contributed by atoms with Gasteiger partial charge in [0.15, 0.2) is 0 Å². The Morgan fingerprint density at radius 2 is 1.95 bits per heavy atom. The first kappa shape index (κ1) is 15.5. The van der Waals surface area contributed by atoms with Gasteiger partial charge in [-0.2, -0.15) is 0 Å². The average Bonchev–Trinajstić information content (AvgIpc) is 2.82. The van der Waals surface area contributed by atoms with Gasteiger partial charge in [0.05, 0.1) is 12.5 Å². The van der Waals surface area contributed by atoms with E-state index in [-0.39, 0.29) is 24.0 Å². The zero-order valence-electron chi connectivity index (χ0n) is 12.6. The Hall–Kier alpha value is -1.84. The normalized spacial score (nSPS) is 24.7. The molecule has 2 rings (SSSR count). The summed E-state index contributed by atoms with van der Waals surface area (Å²) in [6, 6.07) is 10.00. The molecule has 1 aliphatic heterocycles. The van der Waals surface area contributed by atoms with E-state index in [1.54, 1.807) is 6.92 Å². The predicted molar refractivity (Wildman–Crippen MR) is 78.5 cm³/mol. The van der Waals surface area contributed by atoms with E-state index in [1.165, 1.54) is 5.56 Å². The van der Waals surface area contributed by atoms with Gasteiger partial charge < -0.3 is 9.47 Å². The van der Waals surface area contributed by atoms with Crippen molar-refractivity contribution >= 4 is 11.9 Å². The van der Waals surface area contributed by atoms with Gasteiger partial charge in [-0.05, 0) is 31.7 Å². The molecular formula is C17H22O4. The van der Waals surface area contributed by atoms with Crippen LogP contribution in [0, 0.1) is 11.8 Å². The Morgan fingerprint density at radius 3 is 2.57 bits per heavy atom. The molecule has 114 valence electrons. The third-order valence-corrected chi connectivity index (χ3v) is 3.96. The Balaban J connectivity index is 2.05. The zero-order chi connectivity index (χ0) is 15.2. The van der Waals surface area contributed by atoms with E-state index >= 15 is 0 Å². The monoisotopic (exact) mass is 290 g/mol. The molecule has 1 aromatic carbocycles. The molecular weight excluding hydrogens is 268 g/mol. The van der Waals surface area contributed by atoms with Crippen molar-refractivity contribution in [2.45, 2.75) is 39.2 Å². The standard InChI is InChI=1S/C17H22O4/c1-3-13-15(17(19)20-4-2)14(21-16(13)18)11-10-12-8-6-5-7-9-12/h5-9,13-15H,3-4,10-11H2,1-2H3/t13-,14-,15+/m0/s1. The molecule has 1 aromatic rings. The summed E-state index contributed by atoms with van der Waals surface area (Å²) < 4.78 is 10.5. The van der Waals surface area contributed by atoms with E-state index in [9.17, 15) is 9.59 Å². The highest BCUT2D eigenvalue weighted by Crippen LogP contribution is 2.34. The summed E-state index contributed by atoms with van der Waals surface area (Å²) >= 11 is 0. The summed E-state index contributed by atoms with van der Waals surface area (Å²) in [5.74, 6) is -1.42. The summed E-state index contributed by atoms with van der Waals surface area (Å²) in [6.45, 7) is 4.00. The maximum Gasteiger partial charge on any atom is 0.313 e. The number of hydrogen-bond acceptors (Lipinski definition) is 4. The van der Waals surface area contributed by atoms with Crippen molar-refractivity contribution in [3.05, 3.63) is 35.9 Å². The van der Waals surface area contributed by atoms with Crippen LogP contribution >= 0.6 is 0 Å². The molecule has 0 aromatic heterocycles.